The Hall–Kier alpha value is -3.32. The normalized spacial score (nSPS) is 10.9. The third-order valence-corrected chi connectivity index (χ3v) is 5.70. The zero-order valence-electron chi connectivity index (χ0n) is 17.1. The van der Waals surface area contributed by atoms with Crippen molar-refractivity contribution >= 4 is 17.7 Å². The number of carbonyl (C=O) groups excluding carboxylic acids is 1. The molecule has 0 N–H and O–H groups in total. The Morgan fingerprint density at radius 3 is 2.57 bits per heavy atom. The van der Waals surface area contributed by atoms with E-state index in [4.69, 9.17) is 4.42 Å². The average molecular weight is 419 g/mol. The van der Waals surface area contributed by atoms with Gasteiger partial charge in [-0.15, -0.1) is 10.2 Å². The molecule has 0 spiro atoms. The summed E-state index contributed by atoms with van der Waals surface area (Å²) in [4.78, 5) is 13.8. The van der Waals surface area contributed by atoms with Crippen LogP contribution in [-0.2, 0) is 5.75 Å². The van der Waals surface area contributed by atoms with E-state index in [9.17, 15) is 4.79 Å². The van der Waals surface area contributed by atoms with Gasteiger partial charge in [0.25, 0.3) is 5.91 Å². The van der Waals surface area contributed by atoms with Gasteiger partial charge in [-0.25, -0.2) is 0 Å². The number of aryl methyl sites for hydroxylation is 1. The van der Waals surface area contributed by atoms with Crippen LogP contribution in [0.25, 0.3) is 17.1 Å². The molecule has 0 aliphatic rings. The molecule has 0 fully saturated rings. The standard InChI is InChI=1S/C23H22N4O2S/c1-16-20(12-13-29-16)21-24-25-23(27(21)19-10-5-4-6-11-19)30-15-17-8-7-9-18(14-17)22(28)26(2)3/h4-14H,15H2,1-3H3. The largest absolute Gasteiger partial charge is 0.469 e. The van der Waals surface area contributed by atoms with Crippen LogP contribution in [0.2, 0.25) is 0 Å². The number of carbonyl (C=O) groups is 1. The van der Waals surface area contributed by atoms with Gasteiger partial charge in [0, 0.05) is 31.1 Å². The van der Waals surface area contributed by atoms with Crippen molar-refractivity contribution in [1.82, 2.24) is 19.7 Å². The predicted molar refractivity (Wildman–Crippen MR) is 118 cm³/mol. The Kier molecular flexibility index (Phi) is 5.72. The SMILES string of the molecule is Cc1occc1-c1nnc(SCc2cccc(C(=O)N(C)C)c2)n1-c1ccccc1. The predicted octanol–water partition coefficient (Wildman–Crippen LogP) is 4.83. The molecule has 4 aromatic rings. The molecule has 0 saturated carbocycles. The first-order valence-electron chi connectivity index (χ1n) is 9.53. The van der Waals surface area contributed by atoms with Gasteiger partial charge in [-0.05, 0) is 42.8 Å². The fraction of sp³-hybridized carbons (Fsp3) is 0.174. The van der Waals surface area contributed by atoms with Crippen LogP contribution in [0, 0.1) is 6.92 Å². The van der Waals surface area contributed by atoms with Crippen LogP contribution in [0.15, 0.2) is 76.5 Å². The van der Waals surface area contributed by atoms with Gasteiger partial charge in [0.05, 0.1) is 11.8 Å². The molecule has 0 bridgehead atoms. The van der Waals surface area contributed by atoms with Gasteiger partial charge in [-0.3, -0.25) is 9.36 Å². The molecule has 1 amide bonds. The molecule has 2 aromatic heterocycles. The van der Waals surface area contributed by atoms with E-state index in [0.29, 0.717) is 11.3 Å². The van der Waals surface area contributed by atoms with Gasteiger partial charge in [0.2, 0.25) is 0 Å². The molecule has 0 atom stereocenters. The zero-order valence-corrected chi connectivity index (χ0v) is 17.9. The Bertz CT molecular complexity index is 1160. The van der Waals surface area contributed by atoms with Gasteiger partial charge in [0.15, 0.2) is 11.0 Å². The Morgan fingerprint density at radius 1 is 1.07 bits per heavy atom. The summed E-state index contributed by atoms with van der Waals surface area (Å²) >= 11 is 1.58. The maximum atomic E-state index is 12.3. The van der Waals surface area contributed by atoms with Crippen molar-refractivity contribution in [2.24, 2.45) is 0 Å². The molecule has 2 heterocycles. The lowest BCUT2D eigenvalue weighted by Gasteiger charge is -2.12. The highest BCUT2D eigenvalue weighted by Crippen LogP contribution is 2.31. The van der Waals surface area contributed by atoms with Crippen LogP contribution < -0.4 is 0 Å². The summed E-state index contributed by atoms with van der Waals surface area (Å²) in [6.07, 6.45) is 1.66. The van der Waals surface area contributed by atoms with E-state index >= 15 is 0 Å². The highest BCUT2D eigenvalue weighted by molar-refractivity contribution is 7.98. The van der Waals surface area contributed by atoms with E-state index in [-0.39, 0.29) is 5.91 Å². The molecular formula is C23H22N4O2S. The van der Waals surface area contributed by atoms with Crippen LogP contribution in [0.3, 0.4) is 0 Å². The minimum Gasteiger partial charge on any atom is -0.469 e. The minimum atomic E-state index is -0.00739. The fourth-order valence-electron chi connectivity index (χ4n) is 3.16. The molecule has 0 saturated heterocycles. The molecule has 0 aliphatic heterocycles. The third-order valence-electron chi connectivity index (χ3n) is 4.70. The van der Waals surface area contributed by atoms with Crippen LogP contribution in [0.5, 0.6) is 0 Å². The van der Waals surface area contributed by atoms with Crippen LogP contribution in [0.1, 0.15) is 21.7 Å². The van der Waals surface area contributed by atoms with E-state index in [2.05, 4.69) is 10.2 Å². The van der Waals surface area contributed by atoms with Crippen LogP contribution in [-0.4, -0.2) is 39.7 Å². The number of hydrogen-bond acceptors (Lipinski definition) is 5. The summed E-state index contributed by atoms with van der Waals surface area (Å²) in [6.45, 7) is 1.92. The van der Waals surface area contributed by atoms with E-state index in [1.54, 1.807) is 37.0 Å². The molecule has 7 heteroatoms. The van der Waals surface area contributed by atoms with Crippen molar-refractivity contribution in [3.8, 4) is 17.1 Å². The van der Waals surface area contributed by atoms with E-state index in [1.165, 1.54) is 0 Å². The Morgan fingerprint density at radius 2 is 1.87 bits per heavy atom. The fourth-order valence-corrected chi connectivity index (χ4v) is 4.06. The summed E-state index contributed by atoms with van der Waals surface area (Å²) < 4.78 is 7.52. The number of amides is 1. The maximum absolute atomic E-state index is 12.3. The first kappa shape index (κ1) is 20.0. The highest BCUT2D eigenvalue weighted by Gasteiger charge is 2.19. The molecule has 6 nitrogen and oxygen atoms in total. The topological polar surface area (TPSA) is 64.2 Å². The minimum absolute atomic E-state index is 0.00739. The maximum Gasteiger partial charge on any atom is 0.253 e. The number of nitrogens with zero attached hydrogens (tertiary/aromatic N) is 4. The lowest BCUT2D eigenvalue weighted by atomic mass is 10.1. The van der Waals surface area contributed by atoms with Gasteiger partial charge in [-0.1, -0.05) is 42.1 Å². The van der Waals surface area contributed by atoms with Crippen molar-refractivity contribution in [3.63, 3.8) is 0 Å². The number of furan rings is 1. The van der Waals surface area contributed by atoms with Gasteiger partial charge < -0.3 is 9.32 Å². The van der Waals surface area contributed by atoms with E-state index in [1.807, 2.05) is 72.2 Å². The summed E-state index contributed by atoms with van der Waals surface area (Å²) in [5.41, 5.74) is 3.63. The number of rotatable bonds is 6. The van der Waals surface area contributed by atoms with Gasteiger partial charge in [-0.2, -0.15) is 0 Å². The number of thioether (sulfide) groups is 1. The number of aromatic nitrogens is 3. The van der Waals surface area contributed by atoms with Gasteiger partial charge >= 0.3 is 0 Å². The lowest BCUT2D eigenvalue weighted by Crippen LogP contribution is -2.21. The monoisotopic (exact) mass is 418 g/mol. The molecule has 2 aromatic carbocycles. The number of para-hydroxylation sites is 1. The molecule has 0 unspecified atom stereocenters. The van der Waals surface area contributed by atoms with Crippen molar-refractivity contribution in [3.05, 3.63) is 83.8 Å². The molecule has 0 radical (unpaired) electrons. The Labute approximate surface area is 179 Å². The molecule has 4 rings (SSSR count). The lowest BCUT2D eigenvalue weighted by molar-refractivity contribution is 0.0827. The van der Waals surface area contributed by atoms with Crippen LogP contribution >= 0.6 is 11.8 Å². The number of hydrogen-bond donors (Lipinski definition) is 0. The summed E-state index contributed by atoms with van der Waals surface area (Å²) in [5.74, 6) is 2.20. The van der Waals surface area contributed by atoms with Crippen LogP contribution in [0.4, 0.5) is 0 Å². The smallest absolute Gasteiger partial charge is 0.253 e. The molecule has 152 valence electrons. The second-order valence-electron chi connectivity index (χ2n) is 7.06. The Balaban J connectivity index is 1.66. The van der Waals surface area contributed by atoms with Crippen molar-refractivity contribution < 1.29 is 9.21 Å². The summed E-state index contributed by atoms with van der Waals surface area (Å²) in [7, 11) is 3.51. The zero-order chi connectivity index (χ0) is 21.1. The van der Waals surface area contributed by atoms with Crippen molar-refractivity contribution in [2.45, 2.75) is 17.8 Å². The molecule has 0 aliphatic carbocycles. The highest BCUT2D eigenvalue weighted by atomic mass is 32.2. The van der Waals surface area contributed by atoms with Crippen molar-refractivity contribution in [2.75, 3.05) is 14.1 Å². The quantitative estimate of drug-likeness (QED) is 0.420. The first-order chi connectivity index (χ1) is 14.5. The second kappa shape index (κ2) is 8.59. The number of benzene rings is 2. The average Bonchev–Trinajstić information content (AvgIpc) is 3.38. The first-order valence-corrected chi connectivity index (χ1v) is 10.5. The summed E-state index contributed by atoms with van der Waals surface area (Å²) in [6, 6.07) is 19.6. The summed E-state index contributed by atoms with van der Waals surface area (Å²) in [5, 5.41) is 9.68. The van der Waals surface area contributed by atoms with Crippen molar-refractivity contribution in [1.29, 1.82) is 0 Å². The molecule has 30 heavy (non-hydrogen) atoms. The van der Waals surface area contributed by atoms with Gasteiger partial charge in [0.1, 0.15) is 5.76 Å². The van der Waals surface area contributed by atoms with E-state index < -0.39 is 0 Å². The van der Waals surface area contributed by atoms with E-state index in [0.717, 1.165) is 33.6 Å². The second-order valence-corrected chi connectivity index (χ2v) is 8.00. The third kappa shape index (κ3) is 4.02. The molecular weight excluding hydrogens is 396 g/mol.